The first-order valence-electron chi connectivity index (χ1n) is 9.16. The highest BCUT2D eigenvalue weighted by atomic mass is 16.5. The van der Waals surface area contributed by atoms with Gasteiger partial charge in [-0.05, 0) is 43.0 Å². The van der Waals surface area contributed by atoms with Crippen molar-refractivity contribution in [2.75, 3.05) is 13.7 Å². The van der Waals surface area contributed by atoms with Crippen LogP contribution in [0.2, 0.25) is 0 Å². The van der Waals surface area contributed by atoms with Crippen LogP contribution in [0.25, 0.3) is 11.1 Å². The zero-order valence-corrected chi connectivity index (χ0v) is 16.5. The van der Waals surface area contributed by atoms with Crippen LogP contribution < -0.4 is 0 Å². The molecule has 3 rings (SSSR count). The van der Waals surface area contributed by atoms with E-state index in [4.69, 9.17) is 9.47 Å². The number of amides is 1. The van der Waals surface area contributed by atoms with E-state index in [0.29, 0.717) is 0 Å². The summed E-state index contributed by atoms with van der Waals surface area (Å²) in [6, 6.07) is 13.6. The largest absolute Gasteiger partial charge is 0.480 e. The predicted molar refractivity (Wildman–Crippen MR) is 105 cm³/mol. The number of carbonyl (C=O) groups excluding carboxylic acids is 1. The molecule has 6 nitrogen and oxygen atoms in total. The van der Waals surface area contributed by atoms with Crippen LogP contribution in [0.5, 0.6) is 0 Å². The molecular weight excluding hydrogens is 358 g/mol. The summed E-state index contributed by atoms with van der Waals surface area (Å²) in [5, 5.41) is 9.91. The van der Waals surface area contributed by atoms with Crippen molar-refractivity contribution in [1.29, 1.82) is 0 Å². The van der Waals surface area contributed by atoms with E-state index in [-0.39, 0.29) is 6.61 Å². The van der Waals surface area contributed by atoms with E-state index in [1.807, 2.05) is 69.3 Å². The molecule has 0 saturated heterocycles. The third kappa shape index (κ3) is 3.73. The summed E-state index contributed by atoms with van der Waals surface area (Å²) >= 11 is 0. The van der Waals surface area contributed by atoms with Crippen LogP contribution in [0, 0.1) is 0 Å². The van der Waals surface area contributed by atoms with Crippen molar-refractivity contribution in [3.05, 3.63) is 59.7 Å². The first-order chi connectivity index (χ1) is 13.2. The number of rotatable bonds is 5. The van der Waals surface area contributed by atoms with E-state index in [0.717, 1.165) is 22.3 Å². The van der Waals surface area contributed by atoms with E-state index in [1.54, 1.807) is 0 Å². The van der Waals surface area contributed by atoms with Crippen molar-refractivity contribution in [2.45, 2.75) is 38.5 Å². The van der Waals surface area contributed by atoms with Crippen LogP contribution in [0.15, 0.2) is 48.5 Å². The normalized spacial score (nSPS) is 14.1. The first kappa shape index (κ1) is 19.9. The summed E-state index contributed by atoms with van der Waals surface area (Å²) in [6.45, 7) is 5.38. The molecule has 0 heterocycles. The van der Waals surface area contributed by atoms with Gasteiger partial charge in [0, 0.05) is 0 Å². The van der Waals surface area contributed by atoms with E-state index in [2.05, 4.69) is 0 Å². The molecule has 28 heavy (non-hydrogen) atoms. The molecule has 1 N–H and O–H groups in total. The Labute approximate surface area is 164 Å². The molecule has 0 saturated carbocycles. The Hall–Kier alpha value is -2.86. The van der Waals surface area contributed by atoms with Crippen molar-refractivity contribution >= 4 is 12.1 Å². The Kier molecular flexibility index (Phi) is 5.42. The summed E-state index contributed by atoms with van der Waals surface area (Å²) in [5.41, 5.74) is 3.17. The van der Waals surface area contributed by atoms with Gasteiger partial charge in [-0.1, -0.05) is 48.5 Å². The highest BCUT2D eigenvalue weighted by molar-refractivity contribution is 5.85. The molecule has 148 valence electrons. The van der Waals surface area contributed by atoms with Crippen LogP contribution in [0.3, 0.4) is 0 Å². The molecule has 1 amide bonds. The third-order valence-corrected chi connectivity index (χ3v) is 4.76. The molecule has 0 radical (unpaired) electrons. The number of methoxy groups -OCH3 is 1. The van der Waals surface area contributed by atoms with Gasteiger partial charge in [0.25, 0.3) is 0 Å². The fraction of sp³-hybridized carbons (Fsp3) is 0.364. The minimum absolute atomic E-state index is 0.144. The molecule has 2 aromatic carbocycles. The van der Waals surface area contributed by atoms with Crippen LogP contribution in [-0.2, 0) is 14.3 Å². The second-order valence-electron chi connectivity index (χ2n) is 7.73. The fourth-order valence-electron chi connectivity index (χ4n) is 3.55. The molecule has 1 atom stereocenters. The summed E-state index contributed by atoms with van der Waals surface area (Å²) in [6.07, 6.45) is -0.707. The van der Waals surface area contributed by atoms with Gasteiger partial charge in [0.2, 0.25) is 0 Å². The quantitative estimate of drug-likeness (QED) is 0.841. The van der Waals surface area contributed by atoms with Crippen LogP contribution in [0.1, 0.15) is 37.9 Å². The lowest BCUT2D eigenvalue weighted by molar-refractivity contribution is -0.148. The van der Waals surface area contributed by atoms with E-state index in [1.165, 1.54) is 12.0 Å². The van der Waals surface area contributed by atoms with Gasteiger partial charge in [-0.3, -0.25) is 4.90 Å². The van der Waals surface area contributed by atoms with Crippen LogP contribution in [-0.4, -0.2) is 47.4 Å². The molecule has 6 heteroatoms. The lowest BCUT2D eigenvalue weighted by atomic mass is 10.0. The second kappa shape index (κ2) is 7.64. The lowest BCUT2D eigenvalue weighted by Crippen LogP contribution is -2.50. The number of benzene rings is 2. The smallest absolute Gasteiger partial charge is 0.411 e. The van der Waals surface area contributed by atoms with Gasteiger partial charge in [0.1, 0.15) is 0 Å². The molecule has 1 aliphatic carbocycles. The molecule has 0 aliphatic heterocycles. The van der Waals surface area contributed by atoms with Gasteiger partial charge in [-0.15, -0.1) is 0 Å². The van der Waals surface area contributed by atoms with Crippen LogP contribution in [0.4, 0.5) is 4.79 Å². The van der Waals surface area contributed by atoms with Gasteiger partial charge in [-0.25, -0.2) is 9.59 Å². The number of hydrogen-bond acceptors (Lipinski definition) is 4. The zero-order chi connectivity index (χ0) is 20.5. The Morgan fingerprint density at radius 2 is 1.54 bits per heavy atom. The van der Waals surface area contributed by atoms with Crippen molar-refractivity contribution in [3.63, 3.8) is 0 Å². The summed E-state index contributed by atoms with van der Waals surface area (Å²) in [7, 11) is 1.26. The Bertz CT molecular complexity index is 841. The molecule has 0 bridgehead atoms. The van der Waals surface area contributed by atoms with Crippen LogP contribution >= 0.6 is 0 Å². The monoisotopic (exact) mass is 383 g/mol. The van der Waals surface area contributed by atoms with Gasteiger partial charge >= 0.3 is 12.1 Å². The SMILES string of the molecule is COC(=O)N(C1c2ccccc2-c2ccccc21)[C@@H](COC(C)(C)C)C(=O)O. The number of carboxylic acids is 1. The van der Waals surface area contributed by atoms with Crippen molar-refractivity contribution in [3.8, 4) is 11.1 Å². The summed E-state index contributed by atoms with van der Waals surface area (Å²) in [5.74, 6) is -1.14. The number of hydrogen-bond donors (Lipinski definition) is 1. The highest BCUT2D eigenvalue weighted by Gasteiger charge is 2.42. The van der Waals surface area contributed by atoms with Gasteiger partial charge in [0.05, 0.1) is 25.4 Å². The van der Waals surface area contributed by atoms with Crippen molar-refractivity contribution < 1.29 is 24.2 Å². The molecule has 2 aromatic rings. The minimum Gasteiger partial charge on any atom is -0.480 e. The number of ether oxygens (including phenoxy) is 2. The van der Waals surface area contributed by atoms with E-state index >= 15 is 0 Å². The molecule has 0 aromatic heterocycles. The minimum atomic E-state index is -1.20. The van der Waals surface area contributed by atoms with E-state index in [9.17, 15) is 14.7 Å². The highest BCUT2D eigenvalue weighted by Crippen LogP contribution is 2.47. The Balaban J connectivity index is 2.11. The average Bonchev–Trinajstić information content (AvgIpc) is 2.98. The number of carboxylic acid groups (broad SMARTS) is 1. The molecule has 0 fully saturated rings. The number of carbonyl (C=O) groups is 2. The van der Waals surface area contributed by atoms with Gasteiger partial charge in [-0.2, -0.15) is 0 Å². The second-order valence-corrected chi connectivity index (χ2v) is 7.73. The predicted octanol–water partition coefficient (Wildman–Crippen LogP) is 4.09. The topological polar surface area (TPSA) is 76.1 Å². The number of fused-ring (bicyclic) bond motifs is 3. The maximum Gasteiger partial charge on any atom is 0.411 e. The fourth-order valence-corrected chi connectivity index (χ4v) is 3.55. The number of aliphatic carboxylic acids is 1. The zero-order valence-electron chi connectivity index (χ0n) is 16.5. The van der Waals surface area contributed by atoms with Crippen molar-refractivity contribution in [1.82, 2.24) is 4.90 Å². The van der Waals surface area contributed by atoms with Crippen molar-refractivity contribution in [2.24, 2.45) is 0 Å². The third-order valence-electron chi connectivity index (χ3n) is 4.76. The molecular formula is C22H25NO5. The average molecular weight is 383 g/mol. The van der Waals surface area contributed by atoms with Gasteiger partial charge in [0.15, 0.2) is 6.04 Å². The van der Waals surface area contributed by atoms with E-state index < -0.39 is 29.7 Å². The summed E-state index contributed by atoms with van der Waals surface area (Å²) in [4.78, 5) is 26.2. The Morgan fingerprint density at radius 3 is 1.96 bits per heavy atom. The molecule has 1 aliphatic rings. The lowest BCUT2D eigenvalue weighted by Gasteiger charge is -2.35. The molecule has 0 spiro atoms. The Morgan fingerprint density at radius 1 is 1.04 bits per heavy atom. The number of nitrogens with zero attached hydrogens (tertiary/aromatic N) is 1. The standard InChI is InChI=1S/C22H25NO5/c1-22(2,3)28-13-18(20(24)25)23(21(26)27-4)19-16-11-7-5-9-14(16)15-10-6-8-12-17(15)19/h5-12,18-19H,13H2,1-4H3,(H,24,25)/t18-/m0/s1. The maximum atomic E-state index is 12.8. The van der Waals surface area contributed by atoms with Gasteiger partial charge < -0.3 is 14.6 Å². The first-order valence-corrected chi connectivity index (χ1v) is 9.16. The maximum absolute atomic E-state index is 12.8. The summed E-state index contributed by atoms with van der Waals surface area (Å²) < 4.78 is 10.7. The molecule has 0 unspecified atom stereocenters.